The van der Waals surface area contributed by atoms with Crippen molar-refractivity contribution in [1.82, 2.24) is 0 Å². The average Bonchev–Trinajstić information content (AvgIpc) is 3.95. The second-order valence-electron chi connectivity index (χ2n) is 19.1. The molecule has 0 amide bonds. The molecule has 5 aliphatic carbocycles. The first-order valence-corrected chi connectivity index (χ1v) is 22.4. The number of hydrogen-bond donors (Lipinski definition) is 0. The minimum absolute atomic E-state index is 0.104. The Morgan fingerprint density at radius 1 is 0.403 bits per heavy atom. The molecule has 0 fully saturated rings. The predicted octanol–water partition coefficient (Wildman–Crippen LogP) is 15.9. The van der Waals surface area contributed by atoms with Crippen LogP contribution in [-0.4, -0.2) is 0 Å². The molecule has 0 aliphatic heterocycles. The molecule has 0 N–H and O–H groups in total. The summed E-state index contributed by atoms with van der Waals surface area (Å²) in [5, 5.41) is 0. The molecule has 8 aromatic rings. The van der Waals surface area contributed by atoms with Gasteiger partial charge in [0.1, 0.15) is 0 Å². The van der Waals surface area contributed by atoms with Crippen molar-refractivity contribution in [3.8, 4) is 44.5 Å². The highest BCUT2D eigenvalue weighted by atomic mass is 15.1. The Balaban J connectivity index is 1.08. The number of anilines is 3. The van der Waals surface area contributed by atoms with Crippen LogP contribution in [0.4, 0.5) is 17.1 Å². The molecule has 296 valence electrons. The maximum absolute atomic E-state index is 2.65. The number of nitrogens with zero attached hydrogens (tertiary/aromatic N) is 1. The van der Waals surface area contributed by atoms with E-state index in [0.717, 1.165) is 24.2 Å². The van der Waals surface area contributed by atoms with Crippen LogP contribution in [-0.2, 0) is 16.2 Å². The number of para-hydroxylation sites is 1. The van der Waals surface area contributed by atoms with Crippen LogP contribution in [0.15, 0.2) is 194 Å². The van der Waals surface area contributed by atoms with Crippen LogP contribution in [0, 0.1) is 0 Å². The SMILES string of the molecule is CC1(C)c2ccccc2-c2ccc(N(c3ccccc3)c3cccc(-c4cc5c(c6c4C(C)(C)c4ccccc4-6)-c4ccccc4C54C5=C(C=CCC5)c5ccccc54)c3)cc21. The molecule has 0 radical (unpaired) electrons. The van der Waals surface area contributed by atoms with Crippen molar-refractivity contribution < 1.29 is 0 Å². The smallest absolute Gasteiger partial charge is 0.0689 e. The lowest BCUT2D eigenvalue weighted by molar-refractivity contribution is 0.660. The van der Waals surface area contributed by atoms with Gasteiger partial charge in [-0.05, 0) is 155 Å². The Morgan fingerprint density at radius 3 is 1.74 bits per heavy atom. The van der Waals surface area contributed by atoms with E-state index in [9.17, 15) is 0 Å². The summed E-state index contributed by atoms with van der Waals surface area (Å²) in [4.78, 5) is 2.46. The quantitative estimate of drug-likeness (QED) is 0.172. The fraction of sp³-hybridized carbons (Fsp3) is 0.148. The van der Waals surface area contributed by atoms with E-state index in [1.165, 1.54) is 100 Å². The van der Waals surface area contributed by atoms with Crippen LogP contribution in [0.25, 0.3) is 50.1 Å². The Bertz CT molecular complexity index is 3300. The molecule has 0 heterocycles. The maximum Gasteiger partial charge on any atom is 0.0689 e. The predicted molar refractivity (Wildman–Crippen MR) is 259 cm³/mol. The van der Waals surface area contributed by atoms with E-state index in [1.54, 1.807) is 5.57 Å². The molecule has 62 heavy (non-hydrogen) atoms. The van der Waals surface area contributed by atoms with Crippen LogP contribution in [0.2, 0.25) is 0 Å². The van der Waals surface area contributed by atoms with Gasteiger partial charge < -0.3 is 4.90 Å². The van der Waals surface area contributed by atoms with Crippen LogP contribution in [0.3, 0.4) is 0 Å². The first kappa shape index (κ1) is 35.8. The Kier molecular flexibility index (Phi) is 7.24. The molecule has 0 saturated carbocycles. The lowest BCUT2D eigenvalue weighted by atomic mass is 9.67. The molecule has 1 atom stereocenters. The molecular formula is C61H47N. The minimum atomic E-state index is -0.365. The molecule has 1 heteroatoms. The number of benzene rings is 8. The lowest BCUT2D eigenvalue weighted by Gasteiger charge is -2.34. The number of allylic oxidation sites excluding steroid dienone is 4. The van der Waals surface area contributed by atoms with Gasteiger partial charge in [-0.25, -0.2) is 0 Å². The molecular weight excluding hydrogens is 747 g/mol. The van der Waals surface area contributed by atoms with Crippen LogP contribution in [0.5, 0.6) is 0 Å². The van der Waals surface area contributed by atoms with E-state index in [4.69, 9.17) is 0 Å². The Morgan fingerprint density at radius 2 is 0.984 bits per heavy atom. The monoisotopic (exact) mass is 793 g/mol. The zero-order chi connectivity index (χ0) is 41.5. The molecule has 1 unspecified atom stereocenters. The van der Waals surface area contributed by atoms with E-state index in [-0.39, 0.29) is 16.2 Å². The third-order valence-electron chi connectivity index (χ3n) is 15.3. The summed E-state index contributed by atoms with van der Waals surface area (Å²) in [6, 6.07) is 66.9. The van der Waals surface area contributed by atoms with E-state index < -0.39 is 0 Å². The van der Waals surface area contributed by atoms with E-state index in [1.807, 2.05) is 0 Å². The summed E-state index contributed by atoms with van der Waals surface area (Å²) >= 11 is 0. The van der Waals surface area contributed by atoms with Crippen LogP contribution in [0.1, 0.15) is 85.0 Å². The van der Waals surface area contributed by atoms with Gasteiger partial charge >= 0.3 is 0 Å². The first-order valence-electron chi connectivity index (χ1n) is 22.4. The number of rotatable bonds is 4. The van der Waals surface area contributed by atoms with Crippen molar-refractivity contribution in [3.05, 3.63) is 238 Å². The van der Waals surface area contributed by atoms with Crippen LogP contribution < -0.4 is 4.90 Å². The minimum Gasteiger partial charge on any atom is -0.310 e. The zero-order valence-corrected chi connectivity index (χ0v) is 35.8. The standard InChI is InChI=1S/C61H47N/c1-59(2)49-28-13-8-23-42(49)45-34-33-41(36-54(45)59)62(39-20-6-5-7-21-39)40-22-18-19-38(35-40)48-37-55-56(57-46-26-11-14-29-50(46)60(3,4)58(48)57)47-27-12-17-32-53(47)61(55)51-30-15-9-24-43(51)44-25-10-16-31-52(44)61/h5-15,17-30,32-37H,16,31H2,1-4H3. The second-order valence-corrected chi connectivity index (χ2v) is 19.1. The zero-order valence-electron chi connectivity index (χ0n) is 35.8. The molecule has 0 aromatic heterocycles. The van der Waals surface area contributed by atoms with E-state index >= 15 is 0 Å². The highest BCUT2D eigenvalue weighted by Gasteiger charge is 2.55. The second kappa shape index (κ2) is 12.6. The number of fused-ring (bicyclic) bond motifs is 16. The van der Waals surface area contributed by atoms with Crippen molar-refractivity contribution in [2.24, 2.45) is 0 Å². The third kappa shape index (κ3) is 4.48. The Hall–Kier alpha value is -6.96. The van der Waals surface area contributed by atoms with Gasteiger partial charge in [-0.2, -0.15) is 0 Å². The summed E-state index contributed by atoms with van der Waals surface area (Å²) in [5.74, 6) is 0. The topological polar surface area (TPSA) is 3.24 Å². The summed E-state index contributed by atoms with van der Waals surface area (Å²) < 4.78 is 0. The van der Waals surface area contributed by atoms with Gasteiger partial charge in [-0.15, -0.1) is 0 Å². The summed E-state index contributed by atoms with van der Waals surface area (Å²) in [7, 11) is 0. The van der Waals surface area contributed by atoms with Gasteiger partial charge in [-0.3, -0.25) is 0 Å². The maximum atomic E-state index is 2.65. The number of hydrogen-bond acceptors (Lipinski definition) is 1. The fourth-order valence-electron chi connectivity index (χ4n) is 12.8. The van der Waals surface area contributed by atoms with Gasteiger partial charge in [0.2, 0.25) is 0 Å². The lowest BCUT2D eigenvalue weighted by Crippen LogP contribution is -2.28. The highest BCUT2D eigenvalue weighted by molar-refractivity contribution is 6.06. The molecule has 0 bridgehead atoms. The van der Waals surface area contributed by atoms with Gasteiger partial charge in [-0.1, -0.05) is 173 Å². The molecule has 1 spiro atoms. The van der Waals surface area contributed by atoms with Gasteiger partial charge in [0.25, 0.3) is 0 Å². The van der Waals surface area contributed by atoms with Gasteiger partial charge in [0.05, 0.1) is 5.41 Å². The molecule has 5 aliphatic rings. The third-order valence-corrected chi connectivity index (χ3v) is 15.3. The fourth-order valence-corrected chi connectivity index (χ4v) is 12.8. The van der Waals surface area contributed by atoms with Gasteiger partial charge in [0, 0.05) is 27.9 Å². The van der Waals surface area contributed by atoms with Crippen molar-refractivity contribution in [2.45, 2.75) is 56.8 Å². The molecule has 0 saturated heterocycles. The molecule has 8 aromatic carbocycles. The largest absolute Gasteiger partial charge is 0.310 e. The van der Waals surface area contributed by atoms with Crippen molar-refractivity contribution in [1.29, 1.82) is 0 Å². The highest BCUT2D eigenvalue weighted by Crippen LogP contribution is 2.68. The first-order chi connectivity index (χ1) is 30.3. The molecule has 1 nitrogen and oxygen atoms in total. The average molecular weight is 794 g/mol. The normalized spacial score (nSPS) is 18.4. The van der Waals surface area contributed by atoms with Crippen molar-refractivity contribution in [2.75, 3.05) is 4.90 Å². The van der Waals surface area contributed by atoms with E-state index in [0.29, 0.717) is 0 Å². The molecule has 13 rings (SSSR count). The van der Waals surface area contributed by atoms with Gasteiger partial charge in [0.15, 0.2) is 0 Å². The summed E-state index contributed by atoms with van der Waals surface area (Å²) in [6.45, 7) is 9.65. The van der Waals surface area contributed by atoms with Crippen LogP contribution >= 0.6 is 0 Å². The summed E-state index contributed by atoms with van der Waals surface area (Å²) in [5.41, 5.74) is 27.8. The van der Waals surface area contributed by atoms with E-state index in [2.05, 4.69) is 221 Å². The van der Waals surface area contributed by atoms with Crippen molar-refractivity contribution in [3.63, 3.8) is 0 Å². The summed E-state index contributed by atoms with van der Waals surface area (Å²) in [6.07, 6.45) is 6.91. The van der Waals surface area contributed by atoms with Crippen molar-refractivity contribution >= 4 is 22.6 Å². The Labute approximate surface area is 365 Å².